The van der Waals surface area contributed by atoms with Crippen molar-refractivity contribution in [3.05, 3.63) is 23.9 Å². The van der Waals surface area contributed by atoms with Gasteiger partial charge in [-0.3, -0.25) is 4.79 Å². The minimum atomic E-state index is -0.644. The summed E-state index contributed by atoms with van der Waals surface area (Å²) in [4.78, 5) is 23.1. The van der Waals surface area contributed by atoms with Crippen LogP contribution in [0.15, 0.2) is 28.4 Å². The van der Waals surface area contributed by atoms with Crippen LogP contribution in [0.4, 0.5) is 17.3 Å². The Hall–Kier alpha value is -2.55. The number of anilines is 3. The number of carbonyl (C=O) groups excluding carboxylic acids is 1. The summed E-state index contributed by atoms with van der Waals surface area (Å²) in [6.45, 7) is 0. The largest absolute Gasteiger partial charge is 0.397 e. The van der Waals surface area contributed by atoms with Crippen LogP contribution >= 0.6 is 11.8 Å². The zero-order valence-electron chi connectivity index (χ0n) is 9.70. The lowest BCUT2D eigenvalue weighted by Crippen LogP contribution is -2.13. The Morgan fingerprint density at radius 2 is 1.68 bits per heavy atom. The highest BCUT2D eigenvalue weighted by Gasteiger charge is 2.11. The van der Waals surface area contributed by atoms with Gasteiger partial charge in [0.25, 0.3) is 5.91 Å². The van der Waals surface area contributed by atoms with Crippen molar-refractivity contribution in [1.29, 1.82) is 0 Å². The highest BCUT2D eigenvalue weighted by molar-refractivity contribution is 7.99. The van der Waals surface area contributed by atoms with Crippen LogP contribution in [0.2, 0.25) is 0 Å². The van der Waals surface area contributed by atoms with Crippen LogP contribution in [0.5, 0.6) is 0 Å². The molecule has 0 unspecified atom stereocenters. The number of amides is 1. The number of nitrogens with two attached hydrogens (primary N) is 4. The average Bonchev–Trinajstić information content (AvgIpc) is 2.30. The smallest absolute Gasteiger partial charge is 0.267 e. The van der Waals surface area contributed by atoms with Crippen molar-refractivity contribution < 1.29 is 4.79 Å². The Kier molecular flexibility index (Phi) is 3.38. The van der Waals surface area contributed by atoms with Gasteiger partial charge in [0.05, 0.1) is 5.69 Å². The maximum absolute atomic E-state index is 11.1. The molecule has 2 aromatic heterocycles. The predicted molar refractivity (Wildman–Crippen MR) is 72.1 cm³/mol. The Balaban J connectivity index is 2.37. The number of carbonyl (C=O) groups is 1. The van der Waals surface area contributed by atoms with Gasteiger partial charge < -0.3 is 22.9 Å². The molecule has 0 saturated carbocycles. The van der Waals surface area contributed by atoms with Gasteiger partial charge in [0.1, 0.15) is 22.4 Å². The summed E-state index contributed by atoms with van der Waals surface area (Å²) < 4.78 is 0. The van der Waals surface area contributed by atoms with E-state index in [1.165, 1.54) is 18.2 Å². The molecule has 0 bridgehead atoms. The molecular formula is C10H11N7OS. The Bertz CT molecular complexity index is 626. The summed E-state index contributed by atoms with van der Waals surface area (Å²) in [6, 6.07) is 4.40. The first-order valence-corrected chi connectivity index (χ1v) is 5.91. The van der Waals surface area contributed by atoms with E-state index in [1.54, 1.807) is 0 Å². The minimum absolute atomic E-state index is 0.105. The number of nitrogen functional groups attached to an aromatic ring is 3. The molecule has 0 saturated heterocycles. The number of aromatic nitrogens is 3. The van der Waals surface area contributed by atoms with Crippen LogP contribution in [-0.4, -0.2) is 20.9 Å². The highest BCUT2D eigenvalue weighted by atomic mass is 32.2. The molecule has 0 aliphatic rings. The van der Waals surface area contributed by atoms with Gasteiger partial charge in [0, 0.05) is 6.07 Å². The van der Waals surface area contributed by atoms with Crippen LogP contribution in [0, 0.1) is 0 Å². The van der Waals surface area contributed by atoms with Crippen LogP contribution in [-0.2, 0) is 0 Å². The average molecular weight is 277 g/mol. The first kappa shape index (κ1) is 12.9. The fraction of sp³-hybridized carbons (Fsp3) is 0. The summed E-state index contributed by atoms with van der Waals surface area (Å²) in [7, 11) is 0. The van der Waals surface area contributed by atoms with E-state index in [4.69, 9.17) is 22.9 Å². The summed E-state index contributed by atoms with van der Waals surface area (Å²) in [6.07, 6.45) is 0. The van der Waals surface area contributed by atoms with Gasteiger partial charge in [-0.05, 0) is 23.9 Å². The van der Waals surface area contributed by atoms with E-state index in [0.29, 0.717) is 15.9 Å². The molecule has 0 radical (unpaired) electrons. The molecule has 2 rings (SSSR count). The number of hydrogen-bond acceptors (Lipinski definition) is 8. The van der Waals surface area contributed by atoms with E-state index in [1.807, 2.05) is 0 Å². The van der Waals surface area contributed by atoms with Crippen molar-refractivity contribution in [2.24, 2.45) is 5.73 Å². The zero-order valence-corrected chi connectivity index (χ0v) is 10.5. The van der Waals surface area contributed by atoms with Crippen molar-refractivity contribution >= 4 is 35.0 Å². The highest BCUT2D eigenvalue weighted by Crippen LogP contribution is 2.28. The molecule has 0 atom stereocenters. The number of hydrogen-bond donors (Lipinski definition) is 4. The molecule has 0 aromatic carbocycles. The van der Waals surface area contributed by atoms with Crippen LogP contribution in [0.3, 0.4) is 0 Å². The fourth-order valence-corrected chi connectivity index (χ4v) is 2.07. The first-order chi connectivity index (χ1) is 8.95. The fourth-order valence-electron chi connectivity index (χ4n) is 1.26. The quantitative estimate of drug-likeness (QED) is 0.564. The van der Waals surface area contributed by atoms with Crippen LogP contribution in [0.25, 0.3) is 0 Å². The Morgan fingerprint density at radius 1 is 1.05 bits per heavy atom. The second-order valence-corrected chi connectivity index (χ2v) is 4.51. The van der Waals surface area contributed by atoms with E-state index in [9.17, 15) is 4.79 Å². The van der Waals surface area contributed by atoms with Crippen molar-refractivity contribution in [1.82, 2.24) is 15.0 Å². The minimum Gasteiger partial charge on any atom is -0.397 e. The summed E-state index contributed by atoms with van der Waals surface area (Å²) in [5, 5.41) is 0.652. The molecule has 98 valence electrons. The van der Waals surface area contributed by atoms with Gasteiger partial charge in [0.2, 0.25) is 0 Å². The third-order valence-electron chi connectivity index (χ3n) is 2.08. The lowest BCUT2D eigenvalue weighted by Gasteiger charge is -2.05. The second-order valence-electron chi connectivity index (χ2n) is 3.56. The molecule has 0 aliphatic carbocycles. The summed E-state index contributed by atoms with van der Waals surface area (Å²) in [5.74, 6) is -0.172. The second kappa shape index (κ2) is 4.98. The Morgan fingerprint density at radius 3 is 2.26 bits per heavy atom. The SMILES string of the molecule is NC(=O)c1ccc(N)c(Sc2nc(N)cc(N)n2)n1. The van der Waals surface area contributed by atoms with Gasteiger partial charge in [-0.1, -0.05) is 0 Å². The lowest BCUT2D eigenvalue weighted by molar-refractivity contribution is 0.0995. The molecule has 0 spiro atoms. The van der Waals surface area contributed by atoms with E-state index < -0.39 is 5.91 Å². The molecule has 0 aliphatic heterocycles. The van der Waals surface area contributed by atoms with Crippen LogP contribution < -0.4 is 22.9 Å². The third-order valence-corrected chi connectivity index (χ3v) is 2.96. The van der Waals surface area contributed by atoms with Crippen LogP contribution in [0.1, 0.15) is 10.5 Å². The maximum Gasteiger partial charge on any atom is 0.267 e. The number of primary amides is 1. The molecule has 8 nitrogen and oxygen atoms in total. The van der Waals surface area contributed by atoms with Crippen molar-refractivity contribution in [3.8, 4) is 0 Å². The summed E-state index contributed by atoms with van der Waals surface area (Å²) in [5.41, 5.74) is 22.5. The van der Waals surface area contributed by atoms with Crippen molar-refractivity contribution in [3.63, 3.8) is 0 Å². The molecule has 2 aromatic rings. The zero-order chi connectivity index (χ0) is 14.0. The van der Waals surface area contributed by atoms with Crippen molar-refractivity contribution in [2.45, 2.75) is 10.2 Å². The standard InChI is InChI=1S/C10H11N7OS/c11-4-1-2-5(8(14)18)15-9(4)19-10-16-6(12)3-7(13)17-10/h1-3H,11H2,(H2,14,18)(H4,12,13,16,17). The predicted octanol–water partition coefficient (Wildman–Crippen LogP) is -0.132. The molecule has 9 heteroatoms. The molecule has 8 N–H and O–H groups in total. The van der Waals surface area contributed by atoms with Gasteiger partial charge in [-0.2, -0.15) is 0 Å². The lowest BCUT2D eigenvalue weighted by atomic mass is 10.3. The van der Waals surface area contributed by atoms with E-state index in [-0.39, 0.29) is 17.3 Å². The normalized spacial score (nSPS) is 10.3. The molecular weight excluding hydrogens is 266 g/mol. The van der Waals surface area contributed by atoms with Gasteiger partial charge in [-0.15, -0.1) is 0 Å². The van der Waals surface area contributed by atoms with Crippen molar-refractivity contribution in [2.75, 3.05) is 17.2 Å². The number of nitrogens with zero attached hydrogens (tertiary/aromatic N) is 3. The van der Waals surface area contributed by atoms with Gasteiger partial charge in [-0.25, -0.2) is 15.0 Å². The molecule has 0 fully saturated rings. The molecule has 2 heterocycles. The Labute approximate surface area is 112 Å². The first-order valence-electron chi connectivity index (χ1n) is 5.10. The number of pyridine rings is 1. The molecule has 1 amide bonds. The van der Waals surface area contributed by atoms with Gasteiger partial charge >= 0.3 is 0 Å². The monoisotopic (exact) mass is 277 g/mol. The maximum atomic E-state index is 11.1. The third kappa shape index (κ3) is 3.01. The van der Waals surface area contributed by atoms with Gasteiger partial charge in [0.15, 0.2) is 5.16 Å². The number of rotatable bonds is 3. The summed E-state index contributed by atoms with van der Waals surface area (Å²) >= 11 is 1.05. The van der Waals surface area contributed by atoms with E-state index in [0.717, 1.165) is 11.8 Å². The molecule has 19 heavy (non-hydrogen) atoms. The van der Waals surface area contributed by atoms with E-state index >= 15 is 0 Å². The topological polar surface area (TPSA) is 160 Å². The van der Waals surface area contributed by atoms with E-state index in [2.05, 4.69) is 15.0 Å².